The van der Waals surface area contributed by atoms with Crippen LogP contribution < -0.4 is 19.6 Å². The summed E-state index contributed by atoms with van der Waals surface area (Å²) in [6, 6.07) is 19.5. The summed E-state index contributed by atoms with van der Waals surface area (Å²) in [6.07, 6.45) is 1.88. The second-order valence-electron chi connectivity index (χ2n) is 9.80. The molecule has 1 atom stereocenters. The van der Waals surface area contributed by atoms with Crippen LogP contribution in [-0.2, 0) is 16.1 Å². The quantitative estimate of drug-likeness (QED) is 0.165. The Morgan fingerprint density at radius 3 is 2.39 bits per heavy atom. The van der Waals surface area contributed by atoms with Gasteiger partial charge in [-0.1, -0.05) is 71.0 Å². The Morgan fingerprint density at radius 2 is 1.73 bits per heavy atom. The highest BCUT2D eigenvalue weighted by molar-refractivity contribution is 14.1. The first kappa shape index (κ1) is 29.7. The van der Waals surface area contributed by atoms with Gasteiger partial charge in [0.15, 0.2) is 4.80 Å². The molecule has 0 bridgehead atoms. The number of thiazole rings is 1. The van der Waals surface area contributed by atoms with Crippen LogP contribution in [0.2, 0.25) is 0 Å². The number of esters is 1. The Bertz CT molecular complexity index is 1830. The molecular formula is C32H28I2N2O4S. The van der Waals surface area contributed by atoms with Crippen LogP contribution in [0.1, 0.15) is 47.7 Å². The van der Waals surface area contributed by atoms with E-state index in [0.29, 0.717) is 27.2 Å². The molecular weight excluding hydrogens is 762 g/mol. The Kier molecular flexibility index (Phi) is 9.15. The zero-order chi connectivity index (χ0) is 29.3. The molecule has 0 fully saturated rings. The van der Waals surface area contributed by atoms with Crippen LogP contribution in [-0.4, -0.2) is 17.1 Å². The van der Waals surface area contributed by atoms with Gasteiger partial charge in [0.25, 0.3) is 5.56 Å². The average Bonchev–Trinajstić information content (AvgIpc) is 3.22. The lowest BCUT2D eigenvalue weighted by Gasteiger charge is -2.24. The van der Waals surface area contributed by atoms with Gasteiger partial charge in [0.1, 0.15) is 12.4 Å². The Balaban J connectivity index is 1.55. The highest BCUT2D eigenvalue weighted by Gasteiger charge is 2.33. The van der Waals surface area contributed by atoms with Gasteiger partial charge in [0, 0.05) is 0 Å². The van der Waals surface area contributed by atoms with Crippen molar-refractivity contribution in [3.8, 4) is 5.75 Å². The standard InChI is InChI=1S/C32H28I2N2O4S/c1-5-39-31(38)27-20(4)35-32-36(28(27)23-11-9-18(2)10-12-23)30(37)26(41-32)16-22-14-24(33)29(25(34)15-22)40-17-21-8-6-7-19(3)13-21/h6-16,28H,5,17H2,1-4H3/b26-16+/t28-/m1/s1. The van der Waals surface area contributed by atoms with Crippen LogP contribution in [0, 0.1) is 21.0 Å². The molecule has 1 aliphatic heterocycles. The van der Waals surface area contributed by atoms with Crippen LogP contribution in [0.25, 0.3) is 6.08 Å². The first-order valence-electron chi connectivity index (χ1n) is 13.1. The number of allylic oxidation sites excluding steroid dienone is 1. The lowest BCUT2D eigenvalue weighted by atomic mass is 9.95. The number of aryl methyl sites for hydroxylation is 2. The fourth-order valence-corrected chi connectivity index (χ4v) is 7.94. The molecule has 0 saturated heterocycles. The number of carbonyl (C=O) groups excluding carboxylic acids is 1. The molecule has 3 aromatic carbocycles. The average molecular weight is 790 g/mol. The summed E-state index contributed by atoms with van der Waals surface area (Å²) in [6.45, 7) is 8.36. The summed E-state index contributed by atoms with van der Waals surface area (Å²) in [7, 11) is 0. The van der Waals surface area contributed by atoms with Crippen LogP contribution in [0.15, 0.2) is 81.7 Å². The van der Waals surface area contributed by atoms with Crippen LogP contribution in [0.3, 0.4) is 0 Å². The third-order valence-corrected chi connectivity index (χ3v) is 9.28. The maximum Gasteiger partial charge on any atom is 0.338 e. The molecule has 5 rings (SSSR count). The SMILES string of the molecule is CCOC(=O)C1=C(C)N=c2s/c(=C/c3cc(I)c(OCc4cccc(C)c4)c(I)c3)c(=O)n2[C@@H]1c1ccc(C)cc1. The molecule has 0 saturated carbocycles. The third-order valence-electron chi connectivity index (χ3n) is 6.69. The number of carbonyl (C=O) groups is 1. The fraction of sp³-hybridized carbons (Fsp3) is 0.219. The molecule has 0 unspecified atom stereocenters. The number of rotatable bonds is 7. The van der Waals surface area contributed by atoms with Crippen molar-refractivity contribution < 1.29 is 14.3 Å². The number of benzene rings is 3. The summed E-state index contributed by atoms with van der Waals surface area (Å²) in [5, 5.41) is 0. The zero-order valence-electron chi connectivity index (χ0n) is 23.0. The van der Waals surface area contributed by atoms with Crippen molar-refractivity contribution in [2.24, 2.45) is 4.99 Å². The van der Waals surface area contributed by atoms with Gasteiger partial charge in [-0.3, -0.25) is 9.36 Å². The number of hydrogen-bond donors (Lipinski definition) is 0. The second-order valence-corrected chi connectivity index (χ2v) is 13.1. The monoisotopic (exact) mass is 790 g/mol. The highest BCUT2D eigenvalue weighted by Crippen LogP contribution is 2.32. The summed E-state index contributed by atoms with van der Waals surface area (Å²) in [5.41, 5.74) is 5.87. The Morgan fingerprint density at radius 1 is 1.02 bits per heavy atom. The first-order chi connectivity index (χ1) is 19.7. The van der Waals surface area contributed by atoms with Gasteiger partial charge in [-0.2, -0.15) is 0 Å². The van der Waals surface area contributed by atoms with E-state index in [9.17, 15) is 9.59 Å². The number of ether oxygens (including phenoxy) is 2. The van der Waals surface area contributed by atoms with Crippen molar-refractivity contribution in [3.05, 3.63) is 127 Å². The van der Waals surface area contributed by atoms with Gasteiger partial charge in [-0.15, -0.1) is 0 Å². The number of aromatic nitrogens is 1. The smallest absolute Gasteiger partial charge is 0.338 e. The van der Waals surface area contributed by atoms with Gasteiger partial charge >= 0.3 is 5.97 Å². The number of hydrogen-bond acceptors (Lipinski definition) is 6. The van der Waals surface area contributed by atoms with Crippen molar-refractivity contribution in [2.75, 3.05) is 6.61 Å². The molecule has 0 aliphatic carbocycles. The molecule has 1 aliphatic rings. The van der Waals surface area contributed by atoms with E-state index < -0.39 is 12.0 Å². The predicted octanol–water partition coefficient (Wildman–Crippen LogP) is 6.20. The maximum atomic E-state index is 13.9. The van der Waals surface area contributed by atoms with E-state index in [4.69, 9.17) is 9.47 Å². The number of fused-ring (bicyclic) bond motifs is 1. The molecule has 0 N–H and O–H groups in total. The molecule has 1 aromatic heterocycles. The van der Waals surface area contributed by atoms with E-state index in [-0.39, 0.29) is 12.2 Å². The van der Waals surface area contributed by atoms with Gasteiger partial charge in [-0.25, -0.2) is 9.79 Å². The summed E-state index contributed by atoms with van der Waals surface area (Å²) in [5.74, 6) is 0.361. The molecule has 0 spiro atoms. The number of nitrogens with zero attached hydrogens (tertiary/aromatic N) is 2. The minimum absolute atomic E-state index is 0.196. The van der Waals surface area contributed by atoms with Gasteiger partial charge < -0.3 is 9.47 Å². The summed E-state index contributed by atoms with van der Waals surface area (Å²) in [4.78, 5) is 32.2. The molecule has 6 nitrogen and oxygen atoms in total. The van der Waals surface area contributed by atoms with E-state index in [2.05, 4.69) is 75.3 Å². The van der Waals surface area contributed by atoms with Gasteiger partial charge in [0.05, 0.1) is 35.6 Å². The molecule has 41 heavy (non-hydrogen) atoms. The Labute approximate surface area is 269 Å². The predicted molar refractivity (Wildman–Crippen MR) is 179 cm³/mol. The van der Waals surface area contributed by atoms with Gasteiger partial charge in [-0.05, 0) is 108 Å². The largest absolute Gasteiger partial charge is 0.487 e. The van der Waals surface area contributed by atoms with Crippen molar-refractivity contribution in [1.82, 2.24) is 4.57 Å². The van der Waals surface area contributed by atoms with E-state index in [1.54, 1.807) is 18.4 Å². The van der Waals surface area contributed by atoms with Crippen LogP contribution in [0.5, 0.6) is 5.75 Å². The van der Waals surface area contributed by atoms with Crippen LogP contribution in [0.4, 0.5) is 0 Å². The fourth-order valence-electron chi connectivity index (χ4n) is 4.77. The molecule has 4 aromatic rings. The molecule has 0 radical (unpaired) electrons. The Hall–Kier alpha value is -2.77. The minimum Gasteiger partial charge on any atom is -0.487 e. The second kappa shape index (κ2) is 12.6. The topological polar surface area (TPSA) is 69.9 Å². The van der Waals surface area contributed by atoms with E-state index >= 15 is 0 Å². The molecule has 2 heterocycles. The summed E-state index contributed by atoms with van der Waals surface area (Å²) < 4.78 is 15.6. The van der Waals surface area contributed by atoms with Crippen molar-refractivity contribution in [3.63, 3.8) is 0 Å². The van der Waals surface area contributed by atoms with E-state index in [1.807, 2.05) is 55.5 Å². The normalized spacial score (nSPS) is 15.0. The van der Waals surface area contributed by atoms with E-state index in [1.165, 1.54) is 16.9 Å². The third kappa shape index (κ3) is 6.36. The molecule has 210 valence electrons. The lowest BCUT2D eigenvalue weighted by Crippen LogP contribution is -2.39. The van der Waals surface area contributed by atoms with Gasteiger partial charge in [0.2, 0.25) is 0 Å². The van der Waals surface area contributed by atoms with Crippen molar-refractivity contribution in [2.45, 2.75) is 40.3 Å². The van der Waals surface area contributed by atoms with Crippen molar-refractivity contribution in [1.29, 1.82) is 0 Å². The van der Waals surface area contributed by atoms with E-state index in [0.717, 1.165) is 35.1 Å². The van der Waals surface area contributed by atoms with Crippen molar-refractivity contribution >= 4 is 68.6 Å². The molecule has 0 amide bonds. The molecule has 9 heteroatoms. The van der Waals surface area contributed by atoms with Crippen LogP contribution >= 0.6 is 56.5 Å². The lowest BCUT2D eigenvalue weighted by molar-refractivity contribution is -0.139. The number of halogens is 2. The highest BCUT2D eigenvalue weighted by atomic mass is 127. The zero-order valence-corrected chi connectivity index (χ0v) is 28.2. The maximum absolute atomic E-state index is 13.9. The summed E-state index contributed by atoms with van der Waals surface area (Å²) >= 11 is 5.87. The minimum atomic E-state index is -0.620. The first-order valence-corrected chi connectivity index (χ1v) is 16.1.